The van der Waals surface area contributed by atoms with E-state index in [1.165, 1.54) is 0 Å². The molecule has 2 nitrogen and oxygen atoms in total. The predicted octanol–water partition coefficient (Wildman–Crippen LogP) is -1.10. The average Bonchev–Trinajstić information content (AvgIpc) is 1.53. The second-order valence-electron chi connectivity index (χ2n) is 3.47. The molecule has 0 aromatic carbocycles. The van der Waals surface area contributed by atoms with Gasteiger partial charge in [-0.25, -0.2) is 0 Å². The Labute approximate surface area is 106 Å². The minimum atomic E-state index is -2.08. The Morgan fingerprint density at radius 3 is 1.38 bits per heavy atom. The largest absolute Gasteiger partial charge is 2.00 e. The molecule has 5 heteroatoms. The molecule has 0 aromatic heterocycles. The Kier molecular flexibility index (Phi) is 12.9. The van der Waals surface area contributed by atoms with E-state index in [9.17, 15) is 0 Å². The maximum atomic E-state index is 5.55. The number of halogens is 1. The molecule has 0 aromatic rings. The van der Waals surface area contributed by atoms with Crippen LogP contribution >= 0.6 is 0 Å². The van der Waals surface area contributed by atoms with E-state index in [0.29, 0.717) is 0 Å². The summed E-state index contributed by atoms with van der Waals surface area (Å²) in [5.41, 5.74) is 0. The van der Waals surface area contributed by atoms with E-state index in [1.807, 2.05) is 34.2 Å². The summed E-state index contributed by atoms with van der Waals surface area (Å²) >= 11 is 0. The van der Waals surface area contributed by atoms with Crippen molar-refractivity contribution < 1.29 is 21.3 Å². The third-order valence-electron chi connectivity index (χ3n) is 0.970. The van der Waals surface area contributed by atoms with Gasteiger partial charge in [0.25, 0.3) is 0 Å². The second-order valence-corrected chi connectivity index (χ2v) is 6.21. The number of rotatable bonds is 4. The predicted molar refractivity (Wildman–Crippen MR) is 55.2 cm³/mol. The van der Waals surface area contributed by atoms with Gasteiger partial charge in [0.1, 0.15) is 0 Å². The summed E-state index contributed by atoms with van der Waals surface area (Å²) in [7, 11) is -2.08. The summed E-state index contributed by atoms with van der Waals surface area (Å²) < 4.78 is 11.1. The van der Waals surface area contributed by atoms with E-state index in [2.05, 4.69) is 6.55 Å². The zero-order valence-electron chi connectivity index (χ0n) is 9.26. The first-order chi connectivity index (χ1) is 4.83. The van der Waals surface area contributed by atoms with E-state index in [1.54, 1.807) is 0 Å². The van der Waals surface area contributed by atoms with Crippen molar-refractivity contribution in [3.63, 3.8) is 0 Å². The van der Waals surface area contributed by atoms with Crippen LogP contribution in [0.3, 0.4) is 0 Å². The van der Waals surface area contributed by atoms with E-state index in [4.69, 9.17) is 8.85 Å². The first kappa shape index (κ1) is 19.7. The SMILES string of the molecule is [CH2-][Si](C)(OC(C)C)OC(C)C.[Cl-].[Mg+2]. The van der Waals surface area contributed by atoms with Gasteiger partial charge in [-0.1, -0.05) is 0 Å². The molecule has 0 heterocycles. The maximum absolute atomic E-state index is 5.55. The molecule has 0 aliphatic heterocycles. The fraction of sp³-hybridized carbons (Fsp3) is 0.875. The zero-order chi connectivity index (χ0) is 9.07. The molecule has 0 fully saturated rings. The second kappa shape index (κ2) is 8.50. The van der Waals surface area contributed by atoms with E-state index in [0.717, 1.165) is 0 Å². The van der Waals surface area contributed by atoms with Crippen LogP contribution in [0.4, 0.5) is 0 Å². The normalized spacial score (nSPS) is 11.1. The van der Waals surface area contributed by atoms with Crippen molar-refractivity contribution in [2.24, 2.45) is 0 Å². The standard InChI is InChI=1S/C8H19O2Si.ClH.Mg/c1-7(2)9-11(5,6)10-8(3)4;;/h7-8H,5H2,1-4,6H3;1H;/q-1;;+2/p-1. The summed E-state index contributed by atoms with van der Waals surface area (Å²) in [6.45, 7) is 13.9. The molecule has 76 valence electrons. The molecule has 0 atom stereocenters. The molecule has 0 amide bonds. The van der Waals surface area contributed by atoms with Crippen LogP contribution in [0.25, 0.3) is 0 Å². The molecule has 0 saturated heterocycles. The first-order valence-electron chi connectivity index (χ1n) is 4.04. The molecule has 0 rings (SSSR count). The fourth-order valence-corrected chi connectivity index (χ4v) is 3.07. The van der Waals surface area contributed by atoms with Crippen LogP contribution in [0.1, 0.15) is 27.7 Å². The van der Waals surface area contributed by atoms with Crippen molar-refractivity contribution in [2.45, 2.75) is 46.4 Å². The Bertz CT molecular complexity index is 109. The summed E-state index contributed by atoms with van der Waals surface area (Å²) in [6, 6.07) is 0. The number of hydrogen-bond donors (Lipinski definition) is 0. The fourth-order valence-electron chi connectivity index (χ4n) is 1.02. The van der Waals surface area contributed by atoms with Crippen LogP contribution < -0.4 is 12.4 Å². The van der Waals surface area contributed by atoms with Crippen molar-refractivity contribution in [2.75, 3.05) is 0 Å². The average molecular weight is 235 g/mol. The molecule has 0 aliphatic carbocycles. The monoisotopic (exact) mass is 234 g/mol. The van der Waals surface area contributed by atoms with Gasteiger partial charge in [-0.2, -0.15) is 0 Å². The Morgan fingerprint density at radius 1 is 1.00 bits per heavy atom. The van der Waals surface area contributed by atoms with Crippen LogP contribution in [0.2, 0.25) is 6.55 Å². The molecular formula is C8H19ClMgO2Si. The van der Waals surface area contributed by atoms with Crippen molar-refractivity contribution in [1.82, 2.24) is 0 Å². The quantitative estimate of drug-likeness (QED) is 0.455. The van der Waals surface area contributed by atoms with E-state index in [-0.39, 0.29) is 47.7 Å². The van der Waals surface area contributed by atoms with Gasteiger partial charge >= 0.3 is 23.1 Å². The van der Waals surface area contributed by atoms with Gasteiger partial charge in [-0.15, -0.1) is 0 Å². The molecule has 0 bridgehead atoms. The van der Waals surface area contributed by atoms with Gasteiger partial charge in [0.05, 0.1) is 0 Å². The van der Waals surface area contributed by atoms with Crippen molar-refractivity contribution >= 4 is 31.6 Å². The van der Waals surface area contributed by atoms with Crippen LogP contribution in [0, 0.1) is 6.55 Å². The van der Waals surface area contributed by atoms with Crippen LogP contribution in [0.5, 0.6) is 0 Å². The number of hydrogen-bond acceptors (Lipinski definition) is 2. The minimum Gasteiger partial charge on any atom is -1.00 e. The van der Waals surface area contributed by atoms with Crippen LogP contribution in [0.15, 0.2) is 0 Å². The summed E-state index contributed by atoms with van der Waals surface area (Å²) in [4.78, 5) is 0. The van der Waals surface area contributed by atoms with Crippen molar-refractivity contribution in [3.05, 3.63) is 6.55 Å². The van der Waals surface area contributed by atoms with E-state index < -0.39 is 8.56 Å². The topological polar surface area (TPSA) is 18.5 Å². The van der Waals surface area contributed by atoms with Crippen LogP contribution in [-0.4, -0.2) is 43.8 Å². The van der Waals surface area contributed by atoms with Gasteiger partial charge in [0.15, 0.2) is 8.56 Å². The van der Waals surface area contributed by atoms with Crippen LogP contribution in [-0.2, 0) is 8.85 Å². The third-order valence-corrected chi connectivity index (χ3v) is 2.91. The molecule has 13 heavy (non-hydrogen) atoms. The van der Waals surface area contributed by atoms with Gasteiger partial charge < -0.3 is 21.3 Å². The molecule has 0 radical (unpaired) electrons. The third kappa shape index (κ3) is 13.2. The van der Waals surface area contributed by atoms with Gasteiger partial charge in [-0.05, 0) is 34.2 Å². The maximum Gasteiger partial charge on any atom is 2.00 e. The summed E-state index contributed by atoms with van der Waals surface area (Å²) in [5.74, 6) is 0. The summed E-state index contributed by atoms with van der Waals surface area (Å²) in [6.07, 6.45) is 0.422. The minimum absolute atomic E-state index is 0. The molecule has 0 N–H and O–H groups in total. The molecule has 0 aliphatic rings. The van der Waals surface area contributed by atoms with Gasteiger partial charge in [0.2, 0.25) is 0 Å². The molecule has 0 unspecified atom stereocenters. The Hall–Kier alpha value is 1.19. The Balaban J connectivity index is -0.000000500. The molecular weight excluding hydrogens is 216 g/mol. The van der Waals surface area contributed by atoms with E-state index >= 15 is 0 Å². The Morgan fingerprint density at radius 2 is 1.23 bits per heavy atom. The van der Waals surface area contributed by atoms with Gasteiger partial charge in [-0.3, -0.25) is 6.55 Å². The molecule has 0 spiro atoms. The first-order valence-corrected chi connectivity index (χ1v) is 6.57. The van der Waals surface area contributed by atoms with Crippen molar-refractivity contribution in [1.29, 1.82) is 0 Å². The van der Waals surface area contributed by atoms with Gasteiger partial charge in [0, 0.05) is 12.2 Å². The van der Waals surface area contributed by atoms with Crippen molar-refractivity contribution in [3.8, 4) is 0 Å². The zero-order valence-corrected chi connectivity index (χ0v) is 12.4. The molecule has 0 saturated carbocycles. The summed E-state index contributed by atoms with van der Waals surface area (Å²) in [5, 5.41) is 0. The smallest absolute Gasteiger partial charge is 1.00 e.